The minimum Gasteiger partial charge on any atom is -0.506 e. The predicted octanol–water partition coefficient (Wildman–Crippen LogP) is 3.83. The number of alkyl halides is 2. The molecule has 0 radical (unpaired) electrons. The van der Waals surface area contributed by atoms with Crippen LogP contribution in [0.25, 0.3) is 0 Å². The first kappa shape index (κ1) is 17.9. The van der Waals surface area contributed by atoms with Gasteiger partial charge in [-0.15, -0.1) is 0 Å². The van der Waals surface area contributed by atoms with E-state index in [0.29, 0.717) is 10.0 Å². The zero-order valence-corrected chi connectivity index (χ0v) is 14.0. The van der Waals surface area contributed by atoms with Gasteiger partial charge in [-0.05, 0) is 58.7 Å². The monoisotopic (exact) mass is 398 g/mol. The number of phenolic OH excluding ortho intramolecular Hbond substituents is 1. The summed E-state index contributed by atoms with van der Waals surface area (Å²) in [5.74, 6) is -0.731. The van der Waals surface area contributed by atoms with Gasteiger partial charge in [0.05, 0.1) is 10.7 Å². The van der Waals surface area contributed by atoms with Crippen molar-refractivity contribution in [2.75, 3.05) is 0 Å². The Balaban J connectivity index is 2.08. The summed E-state index contributed by atoms with van der Waals surface area (Å²) in [6.07, 6.45) is 1.28. The number of aromatic hydroxyl groups is 1. The first-order chi connectivity index (χ1) is 11.4. The van der Waals surface area contributed by atoms with Crippen molar-refractivity contribution in [2.24, 2.45) is 5.10 Å². The summed E-state index contributed by atoms with van der Waals surface area (Å²) in [6.45, 7) is -1.13. The molecule has 0 aliphatic heterocycles. The molecule has 8 heteroatoms. The fourth-order valence-electron chi connectivity index (χ4n) is 1.90. The van der Waals surface area contributed by atoms with E-state index in [-0.39, 0.29) is 17.1 Å². The molecular formula is C16H13BrF2N2O3. The molecule has 5 nitrogen and oxygen atoms in total. The summed E-state index contributed by atoms with van der Waals surface area (Å²) in [5, 5.41) is 13.6. The van der Waals surface area contributed by atoms with Crippen LogP contribution in [-0.2, 0) is 0 Å². The smallest absolute Gasteiger partial charge is 0.387 e. The maximum atomic E-state index is 12.2. The Morgan fingerprint density at radius 3 is 2.83 bits per heavy atom. The highest BCUT2D eigenvalue weighted by atomic mass is 79.9. The van der Waals surface area contributed by atoms with Crippen LogP contribution in [0.2, 0.25) is 0 Å². The highest BCUT2D eigenvalue weighted by Crippen LogP contribution is 2.28. The van der Waals surface area contributed by atoms with E-state index in [0.717, 1.165) is 5.56 Å². The first-order valence-corrected chi connectivity index (χ1v) is 7.53. The highest BCUT2D eigenvalue weighted by Gasteiger charge is 2.09. The normalized spacial score (nSPS) is 11.0. The van der Waals surface area contributed by atoms with E-state index in [1.165, 1.54) is 30.5 Å². The van der Waals surface area contributed by atoms with Crippen LogP contribution in [-0.4, -0.2) is 23.8 Å². The summed E-state index contributed by atoms with van der Waals surface area (Å²) in [4.78, 5) is 12.0. The van der Waals surface area contributed by atoms with E-state index < -0.39 is 12.5 Å². The summed E-state index contributed by atoms with van der Waals surface area (Å²) in [7, 11) is 0. The van der Waals surface area contributed by atoms with Gasteiger partial charge in [0.15, 0.2) is 0 Å². The highest BCUT2D eigenvalue weighted by molar-refractivity contribution is 9.10. The van der Waals surface area contributed by atoms with Gasteiger partial charge in [-0.1, -0.05) is 6.07 Å². The summed E-state index contributed by atoms with van der Waals surface area (Å²) in [6, 6.07) is 8.77. The van der Waals surface area contributed by atoms with E-state index >= 15 is 0 Å². The Morgan fingerprint density at radius 2 is 2.12 bits per heavy atom. The van der Waals surface area contributed by atoms with Gasteiger partial charge in [0.25, 0.3) is 5.91 Å². The van der Waals surface area contributed by atoms with Crippen molar-refractivity contribution < 1.29 is 23.4 Å². The number of benzene rings is 2. The number of aryl methyl sites for hydroxylation is 1. The second-order valence-corrected chi connectivity index (χ2v) is 5.64. The number of nitrogens with zero attached hydrogens (tertiary/aromatic N) is 1. The standard InChI is InChI=1S/C16H13BrF2N2O3/c1-9-5-11(14(22)13(17)6-9)8-20-21-15(23)10-3-2-4-12(7-10)24-16(18)19/h2-8,16,22H,1H3,(H,21,23)/b20-8+. The van der Waals surface area contributed by atoms with Gasteiger partial charge in [0.1, 0.15) is 11.5 Å². The molecule has 0 saturated heterocycles. The number of hydrazone groups is 1. The van der Waals surface area contributed by atoms with Gasteiger partial charge >= 0.3 is 6.61 Å². The van der Waals surface area contributed by atoms with E-state index in [9.17, 15) is 18.7 Å². The van der Waals surface area contributed by atoms with E-state index in [4.69, 9.17) is 0 Å². The molecule has 0 aliphatic rings. The average Bonchev–Trinajstić information content (AvgIpc) is 2.51. The Morgan fingerprint density at radius 1 is 1.38 bits per heavy atom. The number of carbonyl (C=O) groups excluding carboxylic acids is 1. The van der Waals surface area contributed by atoms with Crippen LogP contribution >= 0.6 is 15.9 Å². The lowest BCUT2D eigenvalue weighted by Gasteiger charge is -2.06. The van der Waals surface area contributed by atoms with E-state index in [1.807, 2.05) is 6.92 Å². The van der Waals surface area contributed by atoms with Crippen molar-refractivity contribution in [2.45, 2.75) is 13.5 Å². The van der Waals surface area contributed by atoms with Crippen molar-refractivity contribution in [3.05, 3.63) is 57.6 Å². The largest absolute Gasteiger partial charge is 0.506 e. The molecule has 0 bridgehead atoms. The Kier molecular flexibility index (Phi) is 5.86. The maximum Gasteiger partial charge on any atom is 0.387 e. The molecule has 0 atom stereocenters. The molecule has 126 valence electrons. The predicted molar refractivity (Wildman–Crippen MR) is 88.7 cm³/mol. The average molecular weight is 399 g/mol. The van der Waals surface area contributed by atoms with Gasteiger partial charge in [0.2, 0.25) is 0 Å². The molecule has 0 aliphatic carbocycles. The number of carbonyl (C=O) groups is 1. The van der Waals surface area contributed by atoms with Crippen LogP contribution in [0.3, 0.4) is 0 Å². The lowest BCUT2D eigenvalue weighted by molar-refractivity contribution is -0.0498. The van der Waals surface area contributed by atoms with Gasteiger partial charge in [0, 0.05) is 11.1 Å². The Hall–Kier alpha value is -2.48. The van der Waals surface area contributed by atoms with Gasteiger partial charge in [-0.3, -0.25) is 4.79 Å². The first-order valence-electron chi connectivity index (χ1n) is 6.74. The lowest BCUT2D eigenvalue weighted by Crippen LogP contribution is -2.17. The molecule has 2 aromatic carbocycles. The molecule has 2 N–H and O–H groups in total. The quantitative estimate of drug-likeness (QED) is 0.593. The Bertz CT molecular complexity index is 782. The molecule has 0 aromatic heterocycles. The van der Waals surface area contributed by atoms with Crippen LogP contribution < -0.4 is 10.2 Å². The van der Waals surface area contributed by atoms with Gasteiger partial charge in [-0.2, -0.15) is 13.9 Å². The molecule has 1 amide bonds. The summed E-state index contributed by atoms with van der Waals surface area (Å²) >= 11 is 3.21. The van der Waals surface area contributed by atoms with E-state index in [1.54, 1.807) is 12.1 Å². The third-order valence-electron chi connectivity index (χ3n) is 2.93. The zero-order valence-electron chi connectivity index (χ0n) is 12.5. The number of ether oxygens (including phenoxy) is 1. The molecule has 2 rings (SSSR count). The molecule has 24 heavy (non-hydrogen) atoms. The van der Waals surface area contributed by atoms with E-state index in [2.05, 4.69) is 31.2 Å². The van der Waals surface area contributed by atoms with Crippen LogP contribution in [0.15, 0.2) is 46.0 Å². The molecule has 0 spiro atoms. The van der Waals surface area contributed by atoms with Gasteiger partial charge < -0.3 is 9.84 Å². The molecule has 0 heterocycles. The number of halogens is 3. The van der Waals surface area contributed by atoms with Crippen molar-refractivity contribution >= 4 is 28.1 Å². The fourth-order valence-corrected chi connectivity index (χ4v) is 2.49. The third-order valence-corrected chi connectivity index (χ3v) is 3.53. The van der Waals surface area contributed by atoms with Crippen LogP contribution in [0.1, 0.15) is 21.5 Å². The molecule has 0 unspecified atom stereocenters. The number of amides is 1. The fraction of sp³-hybridized carbons (Fsp3) is 0.125. The second-order valence-electron chi connectivity index (χ2n) is 4.79. The second kappa shape index (κ2) is 7.87. The molecule has 2 aromatic rings. The number of phenols is 1. The molecular weight excluding hydrogens is 386 g/mol. The van der Waals surface area contributed by atoms with Crippen LogP contribution in [0.4, 0.5) is 8.78 Å². The minimum absolute atomic E-state index is 0.00840. The Labute approximate surface area is 145 Å². The van der Waals surface area contributed by atoms with Crippen molar-refractivity contribution in [3.63, 3.8) is 0 Å². The summed E-state index contributed by atoms with van der Waals surface area (Å²) in [5.41, 5.74) is 3.67. The molecule has 0 saturated carbocycles. The van der Waals surface area contributed by atoms with Crippen LogP contribution in [0.5, 0.6) is 11.5 Å². The van der Waals surface area contributed by atoms with Crippen molar-refractivity contribution in [1.29, 1.82) is 0 Å². The zero-order chi connectivity index (χ0) is 17.7. The number of hydrogen-bond acceptors (Lipinski definition) is 4. The topological polar surface area (TPSA) is 70.9 Å². The minimum atomic E-state index is -2.97. The van der Waals surface area contributed by atoms with Gasteiger partial charge in [-0.25, -0.2) is 5.43 Å². The SMILES string of the molecule is Cc1cc(Br)c(O)c(/C=N/NC(=O)c2cccc(OC(F)F)c2)c1. The van der Waals surface area contributed by atoms with Crippen LogP contribution in [0, 0.1) is 6.92 Å². The lowest BCUT2D eigenvalue weighted by atomic mass is 10.1. The maximum absolute atomic E-state index is 12.2. The third kappa shape index (κ3) is 4.76. The summed E-state index contributed by atoms with van der Waals surface area (Å²) < 4.78 is 29.1. The number of nitrogens with one attached hydrogen (secondary N) is 1. The van der Waals surface area contributed by atoms with Crippen molar-refractivity contribution in [3.8, 4) is 11.5 Å². The number of rotatable bonds is 5. The molecule has 0 fully saturated rings. The van der Waals surface area contributed by atoms with Crippen molar-refractivity contribution in [1.82, 2.24) is 5.43 Å². The number of hydrogen-bond donors (Lipinski definition) is 2.